The molecule has 8 heteroatoms. The number of aromatic nitrogens is 3. The van der Waals surface area contributed by atoms with Gasteiger partial charge >= 0.3 is 6.08 Å². The molecule has 0 aliphatic heterocycles. The molecule has 66 heavy (non-hydrogen) atoms. The maximum Gasteiger partial charge on any atom is 0.306 e. The normalized spacial score (nSPS) is 11.8. The second kappa shape index (κ2) is 16.1. The highest BCUT2D eigenvalue weighted by molar-refractivity contribution is 6.30. The molecule has 0 N–H and O–H groups in total. The highest BCUT2D eigenvalue weighted by Crippen LogP contribution is 2.47. The Kier molecular flexibility index (Phi) is 9.88. The van der Waals surface area contributed by atoms with Crippen LogP contribution in [0.1, 0.15) is 31.9 Å². The van der Waals surface area contributed by atoms with Crippen molar-refractivity contribution in [3.05, 3.63) is 206 Å². The highest BCUT2D eigenvalue weighted by atomic mass is 19.3. The number of nitrogens with zero attached hydrogens (tertiary/aromatic N) is 3. The second-order valence-corrected chi connectivity index (χ2v) is 17.4. The number of benzene rings is 8. The van der Waals surface area contributed by atoms with Gasteiger partial charge in [-0.2, -0.15) is 8.78 Å². The highest BCUT2D eigenvalue weighted by Gasteiger charge is 2.26. The zero-order valence-corrected chi connectivity index (χ0v) is 36.2. The zero-order chi connectivity index (χ0) is 45.1. The van der Waals surface area contributed by atoms with Gasteiger partial charge in [-0.15, -0.1) is 0 Å². The number of hydrogen-bond donors (Lipinski definition) is 0. The Bertz CT molecular complexity index is 3680. The van der Waals surface area contributed by atoms with Gasteiger partial charge in [0.2, 0.25) is 0 Å². The van der Waals surface area contributed by atoms with Gasteiger partial charge in [-0.25, -0.2) is 9.37 Å². The molecule has 320 valence electrons. The van der Waals surface area contributed by atoms with Gasteiger partial charge in [0, 0.05) is 45.9 Å². The van der Waals surface area contributed by atoms with E-state index < -0.39 is 11.9 Å². The van der Waals surface area contributed by atoms with Crippen LogP contribution in [0.3, 0.4) is 0 Å². The summed E-state index contributed by atoms with van der Waals surface area (Å²) in [6, 6.07) is 55.1. The van der Waals surface area contributed by atoms with Gasteiger partial charge in [-0.3, -0.25) is 9.55 Å². The summed E-state index contributed by atoms with van der Waals surface area (Å²) in [5, 5.41) is 5.52. The van der Waals surface area contributed by atoms with Gasteiger partial charge in [0.25, 0.3) is 0 Å². The predicted octanol–water partition coefficient (Wildman–Crippen LogP) is 16.8. The van der Waals surface area contributed by atoms with Crippen molar-refractivity contribution in [2.24, 2.45) is 0 Å². The van der Waals surface area contributed by atoms with E-state index in [1.807, 2.05) is 97.3 Å². The lowest BCUT2D eigenvalue weighted by atomic mass is 9.84. The van der Waals surface area contributed by atoms with Gasteiger partial charge < -0.3 is 9.15 Å². The topological polar surface area (TPSA) is 53.1 Å². The van der Waals surface area contributed by atoms with Crippen LogP contribution in [0.2, 0.25) is 0 Å². The smallest absolute Gasteiger partial charge is 0.306 e. The Labute approximate surface area is 378 Å². The molecule has 0 amide bonds. The van der Waals surface area contributed by atoms with Gasteiger partial charge in [-0.1, -0.05) is 124 Å². The van der Waals surface area contributed by atoms with Crippen LogP contribution in [0.5, 0.6) is 11.5 Å². The third kappa shape index (κ3) is 7.17. The standard InChI is InChI=1S/C58H40F3N3O2/c1-58(2,3)48-32-38(35-12-5-4-6-13-35)23-25-50(48)64-29-28-63-57(64)47-34-42(65-41-16-11-15-40(30-41)49-18-9-10-27-62-49)33-46-53-51(66-55(46)47)26-24-44-45(31-39-14-7-8-17-43(39)52(44)53)36-19-21-37(22-20-36)54(59)56(60)61/h4-34H,1-3H3. The molecule has 0 fully saturated rings. The van der Waals surface area contributed by atoms with Crippen LogP contribution in [-0.4, -0.2) is 14.5 Å². The molecule has 0 aliphatic carbocycles. The molecule has 5 nitrogen and oxygen atoms in total. The second-order valence-electron chi connectivity index (χ2n) is 17.4. The number of furan rings is 1. The number of rotatable bonds is 8. The van der Waals surface area contributed by atoms with Crippen LogP contribution in [0.25, 0.3) is 99.9 Å². The number of imidazole rings is 1. The van der Waals surface area contributed by atoms with E-state index in [9.17, 15) is 13.2 Å². The van der Waals surface area contributed by atoms with Crippen molar-refractivity contribution in [3.8, 4) is 62.1 Å². The third-order valence-electron chi connectivity index (χ3n) is 12.2. The fourth-order valence-corrected chi connectivity index (χ4v) is 9.14. The number of hydrogen-bond acceptors (Lipinski definition) is 4. The summed E-state index contributed by atoms with van der Waals surface area (Å²) in [5.74, 6) is 0.344. The number of halogens is 3. The van der Waals surface area contributed by atoms with Crippen molar-refractivity contribution < 1.29 is 22.3 Å². The first-order chi connectivity index (χ1) is 32.1. The lowest BCUT2D eigenvalue weighted by Crippen LogP contribution is -2.15. The molecule has 3 heterocycles. The first kappa shape index (κ1) is 40.5. The molecule has 0 atom stereocenters. The lowest BCUT2D eigenvalue weighted by Gasteiger charge is -2.25. The Morgan fingerprint density at radius 2 is 1.33 bits per heavy atom. The largest absolute Gasteiger partial charge is 0.457 e. The monoisotopic (exact) mass is 867 g/mol. The quantitative estimate of drug-likeness (QED) is 0.143. The molecule has 0 radical (unpaired) electrons. The molecule has 0 spiro atoms. The van der Waals surface area contributed by atoms with E-state index in [2.05, 4.69) is 91.0 Å². The van der Waals surface area contributed by atoms with Crippen LogP contribution in [0.15, 0.2) is 199 Å². The fraction of sp³-hybridized carbons (Fsp3) is 0.0690. The Hall–Kier alpha value is -8.23. The van der Waals surface area contributed by atoms with Gasteiger partial charge in [0.1, 0.15) is 28.5 Å². The van der Waals surface area contributed by atoms with E-state index in [-0.39, 0.29) is 11.0 Å². The minimum Gasteiger partial charge on any atom is -0.457 e. The van der Waals surface area contributed by atoms with E-state index in [0.29, 0.717) is 28.5 Å². The SMILES string of the molecule is CC(C)(C)c1cc(-c2ccccc2)ccc1-n1ccnc1-c1cc(Oc2cccc(-c3ccccn3)c2)cc2c1oc1ccc3c(-c4ccc(C(F)=C(F)F)cc4)cc4ccccc4c3c12. The lowest BCUT2D eigenvalue weighted by molar-refractivity contribution is 0.410. The van der Waals surface area contributed by atoms with Crippen molar-refractivity contribution in [2.45, 2.75) is 26.2 Å². The minimum absolute atomic E-state index is 0.183. The summed E-state index contributed by atoms with van der Waals surface area (Å²) in [7, 11) is 0. The minimum atomic E-state index is -2.35. The number of ether oxygens (including phenoxy) is 1. The summed E-state index contributed by atoms with van der Waals surface area (Å²) in [6.07, 6.45) is 3.23. The summed E-state index contributed by atoms with van der Waals surface area (Å²) < 4.78 is 56.8. The van der Waals surface area contributed by atoms with E-state index in [1.165, 1.54) is 12.1 Å². The summed E-state index contributed by atoms with van der Waals surface area (Å²) in [6.45, 7) is 6.67. The number of fused-ring (bicyclic) bond motifs is 7. The summed E-state index contributed by atoms with van der Waals surface area (Å²) in [5.41, 5.74) is 9.37. The maximum atomic E-state index is 14.3. The van der Waals surface area contributed by atoms with E-state index in [0.717, 1.165) is 82.6 Å². The van der Waals surface area contributed by atoms with Crippen molar-refractivity contribution in [3.63, 3.8) is 0 Å². The summed E-state index contributed by atoms with van der Waals surface area (Å²) >= 11 is 0. The van der Waals surface area contributed by atoms with Crippen LogP contribution < -0.4 is 4.74 Å². The number of pyridine rings is 1. The molecule has 11 rings (SSSR count). The van der Waals surface area contributed by atoms with Crippen LogP contribution in [0, 0.1) is 0 Å². The fourth-order valence-electron chi connectivity index (χ4n) is 9.14. The van der Waals surface area contributed by atoms with E-state index >= 15 is 0 Å². The molecule has 0 unspecified atom stereocenters. The molecule has 0 saturated heterocycles. The molecular weight excluding hydrogens is 828 g/mol. The average molecular weight is 868 g/mol. The molecule has 3 aromatic heterocycles. The first-order valence-corrected chi connectivity index (χ1v) is 21.7. The van der Waals surface area contributed by atoms with Crippen LogP contribution >= 0.6 is 0 Å². The average Bonchev–Trinajstić information content (AvgIpc) is 3.99. The predicted molar refractivity (Wildman–Crippen MR) is 261 cm³/mol. The molecule has 0 aliphatic rings. The van der Waals surface area contributed by atoms with Crippen LogP contribution in [0.4, 0.5) is 13.2 Å². The van der Waals surface area contributed by atoms with E-state index in [4.69, 9.17) is 14.1 Å². The Morgan fingerprint density at radius 3 is 2.12 bits per heavy atom. The molecule has 0 saturated carbocycles. The molecular formula is C58H40F3N3O2. The van der Waals surface area contributed by atoms with Gasteiger partial charge in [0.15, 0.2) is 5.83 Å². The van der Waals surface area contributed by atoms with Gasteiger partial charge in [-0.05, 0) is 116 Å². The van der Waals surface area contributed by atoms with E-state index in [1.54, 1.807) is 18.3 Å². The Balaban J connectivity index is 1.17. The first-order valence-electron chi connectivity index (χ1n) is 21.7. The molecule has 11 aromatic rings. The summed E-state index contributed by atoms with van der Waals surface area (Å²) in [4.78, 5) is 9.62. The molecule has 0 bridgehead atoms. The van der Waals surface area contributed by atoms with Crippen LogP contribution in [-0.2, 0) is 5.41 Å². The van der Waals surface area contributed by atoms with Gasteiger partial charge in [0.05, 0.1) is 16.9 Å². The van der Waals surface area contributed by atoms with Crippen molar-refractivity contribution in [2.75, 3.05) is 0 Å². The zero-order valence-electron chi connectivity index (χ0n) is 36.2. The maximum absolute atomic E-state index is 14.3. The van der Waals surface area contributed by atoms with Crippen molar-refractivity contribution in [1.29, 1.82) is 0 Å². The third-order valence-corrected chi connectivity index (χ3v) is 12.2. The molecule has 8 aromatic carbocycles. The van der Waals surface area contributed by atoms with Crippen molar-refractivity contribution >= 4 is 49.3 Å². The van der Waals surface area contributed by atoms with Crippen molar-refractivity contribution in [1.82, 2.24) is 14.5 Å². The Morgan fingerprint density at radius 1 is 0.561 bits per heavy atom.